The SMILES string of the molecule is COc1cc(Br)cc(C(O)OC)c1O. The molecule has 4 nitrogen and oxygen atoms in total. The van der Waals surface area contributed by atoms with Crippen LogP contribution in [-0.4, -0.2) is 24.4 Å². The molecule has 0 aliphatic carbocycles. The lowest BCUT2D eigenvalue weighted by atomic mass is 10.2. The predicted octanol–water partition coefficient (Wildman–Crippen LogP) is 1.80. The van der Waals surface area contributed by atoms with Crippen LogP contribution in [0.4, 0.5) is 0 Å². The van der Waals surface area contributed by atoms with Gasteiger partial charge in [0.1, 0.15) is 0 Å². The molecule has 14 heavy (non-hydrogen) atoms. The van der Waals surface area contributed by atoms with Crippen molar-refractivity contribution in [1.29, 1.82) is 0 Å². The molecule has 1 aromatic rings. The average Bonchev–Trinajstić information content (AvgIpc) is 2.19. The molecule has 0 fully saturated rings. The number of aliphatic hydroxyl groups excluding tert-OH is 1. The number of hydrogen-bond acceptors (Lipinski definition) is 4. The van der Waals surface area contributed by atoms with Crippen molar-refractivity contribution in [3.8, 4) is 11.5 Å². The van der Waals surface area contributed by atoms with E-state index in [4.69, 9.17) is 9.47 Å². The fourth-order valence-electron chi connectivity index (χ4n) is 1.07. The number of aliphatic hydroxyl groups is 1. The zero-order valence-electron chi connectivity index (χ0n) is 7.82. The molecule has 0 aromatic heterocycles. The van der Waals surface area contributed by atoms with Crippen LogP contribution in [0.15, 0.2) is 16.6 Å². The van der Waals surface area contributed by atoms with Crippen LogP contribution in [0, 0.1) is 0 Å². The summed E-state index contributed by atoms with van der Waals surface area (Å²) >= 11 is 3.23. The normalized spacial score (nSPS) is 12.6. The minimum atomic E-state index is -1.17. The lowest BCUT2D eigenvalue weighted by Gasteiger charge is -2.13. The van der Waals surface area contributed by atoms with E-state index in [1.807, 2.05) is 0 Å². The Kier molecular flexibility index (Phi) is 3.74. The van der Waals surface area contributed by atoms with E-state index in [1.165, 1.54) is 14.2 Å². The Morgan fingerprint density at radius 1 is 1.36 bits per heavy atom. The van der Waals surface area contributed by atoms with Crippen LogP contribution in [0.25, 0.3) is 0 Å². The number of phenolic OH excluding ortho intramolecular Hbond substituents is 1. The molecule has 0 saturated heterocycles. The number of phenols is 1. The van der Waals surface area contributed by atoms with Gasteiger partial charge in [0.05, 0.1) is 12.7 Å². The van der Waals surface area contributed by atoms with Crippen LogP contribution >= 0.6 is 15.9 Å². The Morgan fingerprint density at radius 3 is 2.50 bits per heavy atom. The van der Waals surface area contributed by atoms with Gasteiger partial charge in [-0.3, -0.25) is 0 Å². The van der Waals surface area contributed by atoms with Crippen LogP contribution in [0.3, 0.4) is 0 Å². The molecule has 1 rings (SSSR count). The van der Waals surface area contributed by atoms with Crippen LogP contribution < -0.4 is 4.74 Å². The first-order chi connectivity index (χ1) is 6.60. The van der Waals surface area contributed by atoms with Crippen molar-refractivity contribution < 1.29 is 19.7 Å². The summed E-state index contributed by atoms with van der Waals surface area (Å²) in [5.41, 5.74) is 0.263. The van der Waals surface area contributed by atoms with Crippen LogP contribution in [0.2, 0.25) is 0 Å². The summed E-state index contributed by atoms with van der Waals surface area (Å²) in [6.07, 6.45) is -1.17. The smallest absolute Gasteiger partial charge is 0.184 e. The van der Waals surface area contributed by atoms with E-state index in [-0.39, 0.29) is 17.1 Å². The third kappa shape index (κ3) is 2.17. The number of methoxy groups -OCH3 is 2. The van der Waals surface area contributed by atoms with Crippen LogP contribution in [0.1, 0.15) is 11.9 Å². The van der Waals surface area contributed by atoms with Gasteiger partial charge in [-0.15, -0.1) is 0 Å². The highest BCUT2D eigenvalue weighted by Crippen LogP contribution is 2.36. The third-order valence-corrected chi connectivity index (χ3v) is 2.24. The van der Waals surface area contributed by atoms with Gasteiger partial charge in [-0.1, -0.05) is 15.9 Å². The van der Waals surface area contributed by atoms with E-state index in [0.717, 1.165) is 0 Å². The first kappa shape index (κ1) is 11.3. The summed E-state index contributed by atoms with van der Waals surface area (Å²) in [5, 5.41) is 19.0. The van der Waals surface area contributed by atoms with Gasteiger partial charge in [-0.2, -0.15) is 0 Å². The highest BCUT2D eigenvalue weighted by molar-refractivity contribution is 9.10. The van der Waals surface area contributed by atoms with E-state index >= 15 is 0 Å². The molecule has 5 heteroatoms. The summed E-state index contributed by atoms with van der Waals surface area (Å²) in [6, 6.07) is 3.16. The van der Waals surface area contributed by atoms with Gasteiger partial charge < -0.3 is 19.7 Å². The number of halogens is 1. The standard InChI is InChI=1S/C9H11BrO4/c1-13-7-4-5(10)3-6(8(7)11)9(12)14-2/h3-4,9,11-12H,1-2H3. The largest absolute Gasteiger partial charge is 0.504 e. The lowest BCUT2D eigenvalue weighted by Crippen LogP contribution is -2.01. The molecule has 2 N–H and O–H groups in total. The molecule has 0 aliphatic heterocycles. The molecule has 0 aliphatic rings. The molecule has 0 heterocycles. The second kappa shape index (κ2) is 4.63. The van der Waals surface area contributed by atoms with E-state index in [9.17, 15) is 10.2 Å². The second-order valence-electron chi connectivity index (χ2n) is 2.63. The molecular formula is C9H11BrO4. The molecule has 0 saturated carbocycles. The number of aromatic hydroxyl groups is 1. The van der Waals surface area contributed by atoms with Crippen molar-refractivity contribution in [2.45, 2.75) is 6.29 Å². The monoisotopic (exact) mass is 262 g/mol. The quantitative estimate of drug-likeness (QED) is 0.816. The van der Waals surface area contributed by atoms with Gasteiger partial charge in [0.25, 0.3) is 0 Å². The third-order valence-electron chi connectivity index (χ3n) is 1.78. The Hall–Kier alpha value is -0.780. The zero-order chi connectivity index (χ0) is 10.7. The second-order valence-corrected chi connectivity index (χ2v) is 3.55. The first-order valence-electron chi connectivity index (χ1n) is 3.87. The minimum Gasteiger partial charge on any atom is -0.504 e. The van der Waals surface area contributed by atoms with Crippen LogP contribution in [-0.2, 0) is 4.74 Å². The summed E-state index contributed by atoms with van der Waals surface area (Å²) < 4.78 is 10.3. The van der Waals surface area contributed by atoms with Crippen LogP contribution in [0.5, 0.6) is 11.5 Å². The van der Waals surface area contributed by atoms with Gasteiger partial charge in [0.15, 0.2) is 17.8 Å². The molecular weight excluding hydrogens is 252 g/mol. The Balaban J connectivity index is 3.21. The maximum atomic E-state index is 9.63. The fourth-order valence-corrected chi connectivity index (χ4v) is 1.52. The number of ether oxygens (including phenoxy) is 2. The van der Waals surface area contributed by atoms with Crippen molar-refractivity contribution in [2.24, 2.45) is 0 Å². The zero-order valence-corrected chi connectivity index (χ0v) is 9.41. The number of benzene rings is 1. The van der Waals surface area contributed by atoms with Gasteiger partial charge in [-0.05, 0) is 12.1 Å². The average molecular weight is 263 g/mol. The molecule has 0 bridgehead atoms. The maximum absolute atomic E-state index is 9.63. The summed E-state index contributed by atoms with van der Waals surface area (Å²) in [7, 11) is 2.78. The molecule has 0 amide bonds. The summed E-state index contributed by atoms with van der Waals surface area (Å²) in [6.45, 7) is 0. The van der Waals surface area contributed by atoms with Crippen molar-refractivity contribution >= 4 is 15.9 Å². The van der Waals surface area contributed by atoms with Crippen molar-refractivity contribution in [3.63, 3.8) is 0 Å². The molecule has 1 unspecified atom stereocenters. The van der Waals surface area contributed by atoms with E-state index in [0.29, 0.717) is 4.47 Å². The lowest BCUT2D eigenvalue weighted by molar-refractivity contribution is -0.0782. The van der Waals surface area contributed by atoms with Gasteiger partial charge in [0, 0.05) is 11.6 Å². The summed E-state index contributed by atoms with van der Waals surface area (Å²) in [4.78, 5) is 0. The highest BCUT2D eigenvalue weighted by atomic mass is 79.9. The Bertz CT molecular complexity index is 327. The van der Waals surface area contributed by atoms with Crippen molar-refractivity contribution in [3.05, 3.63) is 22.2 Å². The van der Waals surface area contributed by atoms with Gasteiger partial charge in [0.2, 0.25) is 0 Å². The van der Waals surface area contributed by atoms with Gasteiger partial charge >= 0.3 is 0 Å². The Labute approximate surface area is 90.2 Å². The molecule has 0 spiro atoms. The summed E-state index contributed by atoms with van der Waals surface area (Å²) in [5.74, 6) is 0.163. The molecule has 0 radical (unpaired) electrons. The topological polar surface area (TPSA) is 58.9 Å². The molecule has 1 atom stereocenters. The highest BCUT2D eigenvalue weighted by Gasteiger charge is 2.16. The Morgan fingerprint density at radius 2 is 2.00 bits per heavy atom. The maximum Gasteiger partial charge on any atom is 0.184 e. The molecule has 1 aromatic carbocycles. The van der Waals surface area contributed by atoms with Crippen molar-refractivity contribution in [2.75, 3.05) is 14.2 Å². The minimum absolute atomic E-state index is 0.120. The van der Waals surface area contributed by atoms with Crippen molar-refractivity contribution in [1.82, 2.24) is 0 Å². The first-order valence-corrected chi connectivity index (χ1v) is 4.66. The predicted molar refractivity (Wildman–Crippen MR) is 54.3 cm³/mol. The van der Waals surface area contributed by atoms with Gasteiger partial charge in [-0.25, -0.2) is 0 Å². The van der Waals surface area contributed by atoms with E-state index in [1.54, 1.807) is 12.1 Å². The van der Waals surface area contributed by atoms with E-state index < -0.39 is 6.29 Å². The number of rotatable bonds is 3. The number of hydrogen-bond donors (Lipinski definition) is 2. The van der Waals surface area contributed by atoms with E-state index in [2.05, 4.69) is 15.9 Å². The fraction of sp³-hybridized carbons (Fsp3) is 0.333. The molecule has 78 valence electrons.